The summed E-state index contributed by atoms with van der Waals surface area (Å²) < 4.78 is 5.73. The molecule has 1 saturated carbocycles. The lowest BCUT2D eigenvalue weighted by Crippen LogP contribution is -2.48. The summed E-state index contributed by atoms with van der Waals surface area (Å²) in [5, 5.41) is 4.23. The third kappa shape index (κ3) is 2.56. The highest BCUT2D eigenvalue weighted by molar-refractivity contribution is 6.04. The highest BCUT2D eigenvalue weighted by Crippen LogP contribution is 2.49. The molecule has 6 nitrogen and oxygen atoms in total. The van der Waals surface area contributed by atoms with Gasteiger partial charge in [-0.25, -0.2) is 0 Å². The number of nitrogens with two attached hydrogens (primary N) is 1. The van der Waals surface area contributed by atoms with E-state index in [9.17, 15) is 9.59 Å². The van der Waals surface area contributed by atoms with Gasteiger partial charge in [0.15, 0.2) is 5.78 Å². The molecule has 1 aliphatic heterocycles. The van der Waals surface area contributed by atoms with Crippen LogP contribution in [-0.2, 0) is 9.53 Å². The molecular weight excluding hydrogens is 330 g/mol. The molecule has 1 aliphatic carbocycles. The third-order valence-electron chi connectivity index (χ3n) is 6.19. The maximum atomic E-state index is 13.4. The minimum atomic E-state index is -0.642. The molecular formula is C20H25N3O3. The van der Waals surface area contributed by atoms with Gasteiger partial charge >= 0.3 is 0 Å². The van der Waals surface area contributed by atoms with Gasteiger partial charge in [0.25, 0.3) is 0 Å². The molecule has 2 aliphatic rings. The number of aromatic nitrogens is 1. The van der Waals surface area contributed by atoms with Crippen LogP contribution in [0.1, 0.15) is 42.6 Å². The highest BCUT2D eigenvalue weighted by atomic mass is 16.5. The number of aromatic amines is 1. The monoisotopic (exact) mass is 355 g/mol. The number of H-pyrrole nitrogens is 1. The van der Waals surface area contributed by atoms with Crippen molar-refractivity contribution in [3.05, 3.63) is 36.0 Å². The first kappa shape index (κ1) is 17.2. The molecule has 0 bridgehead atoms. The van der Waals surface area contributed by atoms with Crippen molar-refractivity contribution in [2.24, 2.45) is 11.1 Å². The minimum absolute atomic E-state index is 0.0195. The second-order valence-corrected chi connectivity index (χ2v) is 7.56. The summed E-state index contributed by atoms with van der Waals surface area (Å²) in [4.78, 5) is 28.6. The number of para-hydroxylation sites is 1. The van der Waals surface area contributed by atoms with Gasteiger partial charge in [-0.2, -0.15) is 0 Å². The van der Waals surface area contributed by atoms with Gasteiger partial charge in [-0.3, -0.25) is 14.9 Å². The topological polar surface area (TPSA) is 97.2 Å². The molecule has 3 atom stereocenters. The second-order valence-electron chi connectivity index (χ2n) is 7.56. The number of ether oxygens (including phenoxy) is 1. The van der Waals surface area contributed by atoms with Crippen LogP contribution < -0.4 is 11.1 Å². The van der Waals surface area contributed by atoms with E-state index in [0.717, 1.165) is 43.0 Å². The van der Waals surface area contributed by atoms with Crippen molar-refractivity contribution in [1.29, 1.82) is 0 Å². The van der Waals surface area contributed by atoms with E-state index in [1.807, 2.05) is 30.3 Å². The van der Waals surface area contributed by atoms with Gasteiger partial charge in [-0.1, -0.05) is 37.5 Å². The molecule has 138 valence electrons. The number of primary amides is 1. The standard InChI is InChI=1S/C20H25N3O3/c1-26-18-15(19(21)25)23-17(20(18)9-5-2-6-10-20)16(24)14-11-12-7-3-4-8-13(12)22-14/h3-4,7-8,11,15,17-18,22-23H,2,5-6,9-10H2,1H3,(H2,21,25). The zero-order valence-electron chi connectivity index (χ0n) is 15.0. The zero-order valence-corrected chi connectivity index (χ0v) is 15.0. The van der Waals surface area contributed by atoms with Crippen molar-refractivity contribution in [2.45, 2.75) is 50.3 Å². The number of ketones is 1. The number of benzene rings is 1. The fourth-order valence-corrected chi connectivity index (χ4v) is 5.01. The van der Waals surface area contributed by atoms with Crippen molar-refractivity contribution >= 4 is 22.6 Å². The van der Waals surface area contributed by atoms with E-state index in [0.29, 0.717) is 5.69 Å². The molecule has 26 heavy (non-hydrogen) atoms. The highest BCUT2D eigenvalue weighted by Gasteiger charge is 2.59. The van der Waals surface area contributed by atoms with Crippen molar-refractivity contribution in [3.8, 4) is 0 Å². The lowest BCUT2D eigenvalue weighted by atomic mass is 9.65. The van der Waals surface area contributed by atoms with E-state index in [4.69, 9.17) is 10.5 Å². The molecule has 1 amide bonds. The van der Waals surface area contributed by atoms with Gasteiger partial charge in [0.05, 0.1) is 17.8 Å². The number of amides is 1. The Bertz CT molecular complexity index is 805. The van der Waals surface area contributed by atoms with Crippen molar-refractivity contribution in [1.82, 2.24) is 10.3 Å². The molecule has 2 fully saturated rings. The zero-order chi connectivity index (χ0) is 18.3. The smallest absolute Gasteiger partial charge is 0.237 e. The molecule has 4 rings (SSSR count). The van der Waals surface area contributed by atoms with E-state index in [2.05, 4.69) is 10.3 Å². The number of hydrogen-bond donors (Lipinski definition) is 3. The van der Waals surface area contributed by atoms with Gasteiger partial charge < -0.3 is 15.5 Å². The number of rotatable bonds is 4. The summed E-state index contributed by atoms with van der Waals surface area (Å²) in [7, 11) is 1.61. The molecule has 1 spiro atoms. The van der Waals surface area contributed by atoms with Crippen LogP contribution in [0.15, 0.2) is 30.3 Å². The number of methoxy groups -OCH3 is 1. The Morgan fingerprint density at radius 1 is 1.19 bits per heavy atom. The number of carbonyl (C=O) groups excluding carboxylic acids is 2. The number of carbonyl (C=O) groups is 2. The number of Topliss-reactive ketones (excluding diaryl/α,β-unsaturated/α-hetero) is 1. The first-order valence-electron chi connectivity index (χ1n) is 9.27. The summed E-state index contributed by atoms with van der Waals surface area (Å²) in [5.74, 6) is -0.484. The predicted octanol–water partition coefficient (Wildman–Crippen LogP) is 2.14. The van der Waals surface area contributed by atoms with E-state index in [1.54, 1.807) is 7.11 Å². The van der Waals surface area contributed by atoms with Crippen LogP contribution in [0.4, 0.5) is 0 Å². The lowest BCUT2D eigenvalue weighted by molar-refractivity contribution is -0.124. The quantitative estimate of drug-likeness (QED) is 0.732. The molecule has 1 aromatic carbocycles. The van der Waals surface area contributed by atoms with Crippen LogP contribution in [0.3, 0.4) is 0 Å². The van der Waals surface area contributed by atoms with Crippen LogP contribution in [0, 0.1) is 5.41 Å². The van der Waals surface area contributed by atoms with E-state index in [-0.39, 0.29) is 17.3 Å². The van der Waals surface area contributed by atoms with Crippen LogP contribution in [0.25, 0.3) is 10.9 Å². The molecule has 6 heteroatoms. The van der Waals surface area contributed by atoms with Crippen LogP contribution >= 0.6 is 0 Å². The fourth-order valence-electron chi connectivity index (χ4n) is 5.01. The van der Waals surface area contributed by atoms with Gasteiger partial charge in [0.2, 0.25) is 5.91 Å². The Kier molecular flexibility index (Phi) is 4.32. The molecule has 1 saturated heterocycles. The molecule has 1 aromatic heterocycles. The largest absolute Gasteiger partial charge is 0.379 e. The summed E-state index contributed by atoms with van der Waals surface area (Å²) in [5.41, 5.74) is 6.72. The number of nitrogens with one attached hydrogen (secondary N) is 2. The second kappa shape index (κ2) is 6.52. The normalized spacial score (nSPS) is 27.8. The molecule has 3 unspecified atom stereocenters. The first-order valence-corrected chi connectivity index (χ1v) is 9.27. The maximum Gasteiger partial charge on any atom is 0.237 e. The molecule has 2 aromatic rings. The van der Waals surface area contributed by atoms with Crippen LogP contribution in [0.2, 0.25) is 0 Å². The Balaban J connectivity index is 1.74. The van der Waals surface area contributed by atoms with Gasteiger partial charge in [-0.15, -0.1) is 0 Å². The summed E-state index contributed by atoms with van der Waals surface area (Å²) in [6.07, 6.45) is 4.55. The Labute approximate surface area is 152 Å². The molecule has 0 radical (unpaired) electrons. The van der Waals surface area contributed by atoms with Gasteiger partial charge in [0.1, 0.15) is 6.04 Å². The Morgan fingerprint density at radius 3 is 2.58 bits per heavy atom. The van der Waals surface area contributed by atoms with Gasteiger partial charge in [-0.05, 0) is 25.0 Å². The van der Waals surface area contributed by atoms with E-state index < -0.39 is 18.0 Å². The molecule has 2 heterocycles. The Hall–Kier alpha value is -2.18. The predicted molar refractivity (Wildman–Crippen MR) is 98.9 cm³/mol. The Morgan fingerprint density at radius 2 is 1.92 bits per heavy atom. The number of fused-ring (bicyclic) bond motifs is 1. The van der Waals surface area contributed by atoms with Crippen molar-refractivity contribution < 1.29 is 14.3 Å². The van der Waals surface area contributed by atoms with Crippen LogP contribution in [-0.4, -0.2) is 42.0 Å². The lowest BCUT2D eigenvalue weighted by Gasteiger charge is -2.41. The van der Waals surface area contributed by atoms with Crippen molar-refractivity contribution in [3.63, 3.8) is 0 Å². The molecule has 4 N–H and O–H groups in total. The van der Waals surface area contributed by atoms with Crippen LogP contribution in [0.5, 0.6) is 0 Å². The summed E-state index contributed by atoms with van der Waals surface area (Å²) in [6, 6.07) is 8.59. The van der Waals surface area contributed by atoms with Gasteiger partial charge in [0, 0.05) is 23.4 Å². The third-order valence-corrected chi connectivity index (χ3v) is 6.19. The van der Waals surface area contributed by atoms with Crippen molar-refractivity contribution in [2.75, 3.05) is 7.11 Å². The van der Waals surface area contributed by atoms with E-state index >= 15 is 0 Å². The average molecular weight is 355 g/mol. The minimum Gasteiger partial charge on any atom is -0.379 e. The van der Waals surface area contributed by atoms with E-state index in [1.165, 1.54) is 0 Å². The summed E-state index contributed by atoms with van der Waals surface area (Å²) >= 11 is 0. The number of hydrogen-bond acceptors (Lipinski definition) is 4. The fraction of sp³-hybridized carbons (Fsp3) is 0.500. The SMILES string of the molecule is COC1C(C(N)=O)NC(C(=O)c2cc3ccccc3[nH]2)C12CCCCC2. The average Bonchev–Trinajstić information content (AvgIpc) is 3.21. The summed E-state index contributed by atoms with van der Waals surface area (Å²) in [6.45, 7) is 0. The first-order chi connectivity index (χ1) is 12.6. The maximum absolute atomic E-state index is 13.4.